The predicted octanol–water partition coefficient (Wildman–Crippen LogP) is 4.23. The van der Waals surface area contributed by atoms with E-state index in [4.69, 9.17) is 0 Å². The number of hydrogen-bond donors (Lipinski definition) is 1. The Balaban J connectivity index is 2.42. The first kappa shape index (κ1) is 11.5. The van der Waals surface area contributed by atoms with Gasteiger partial charge in [-0.15, -0.1) is 0 Å². The van der Waals surface area contributed by atoms with Crippen LogP contribution < -0.4 is 0 Å². The third kappa shape index (κ3) is 1.95. The molecule has 1 fully saturated rings. The van der Waals surface area contributed by atoms with Crippen molar-refractivity contribution in [3.05, 3.63) is 28.8 Å². The lowest BCUT2D eigenvalue weighted by Crippen LogP contribution is -2.26. The number of hydrogen-bond acceptors (Lipinski definition) is 1. The summed E-state index contributed by atoms with van der Waals surface area (Å²) in [6.07, 6.45) is 6.54. The van der Waals surface area contributed by atoms with E-state index >= 15 is 0 Å². The molecule has 0 bridgehead atoms. The van der Waals surface area contributed by atoms with Crippen LogP contribution in [0.3, 0.4) is 0 Å². The van der Waals surface area contributed by atoms with Gasteiger partial charge in [-0.2, -0.15) is 0 Å². The summed E-state index contributed by atoms with van der Waals surface area (Å²) in [5.41, 5.74) is 3.96. The van der Waals surface area contributed by atoms with Gasteiger partial charge < -0.3 is 5.11 Å². The van der Waals surface area contributed by atoms with Gasteiger partial charge in [0, 0.05) is 0 Å². The molecule has 0 aliphatic heterocycles. The van der Waals surface area contributed by atoms with Crippen molar-refractivity contribution in [2.75, 3.05) is 0 Å². The first-order valence-electron chi connectivity index (χ1n) is 6.34. The highest BCUT2D eigenvalue weighted by Crippen LogP contribution is 2.41. The maximum atomic E-state index is 9.87. The van der Waals surface area contributed by atoms with Crippen LogP contribution in [0.2, 0.25) is 0 Å². The van der Waals surface area contributed by atoms with Gasteiger partial charge in [0.15, 0.2) is 0 Å². The van der Waals surface area contributed by atoms with Crippen LogP contribution in [-0.4, -0.2) is 5.11 Å². The molecular formula is C15H22O. The molecule has 1 aliphatic rings. The Labute approximate surface area is 98.5 Å². The minimum Gasteiger partial charge on any atom is -0.508 e. The second-order valence-electron chi connectivity index (χ2n) is 5.57. The van der Waals surface area contributed by atoms with E-state index in [-0.39, 0.29) is 5.41 Å². The van der Waals surface area contributed by atoms with Crippen molar-refractivity contribution in [2.24, 2.45) is 0 Å². The summed E-state index contributed by atoms with van der Waals surface area (Å²) < 4.78 is 0. The largest absolute Gasteiger partial charge is 0.508 e. The number of aryl methyl sites for hydroxylation is 2. The smallest absolute Gasteiger partial charge is 0.118 e. The van der Waals surface area contributed by atoms with E-state index in [1.807, 2.05) is 13.0 Å². The Hall–Kier alpha value is -0.980. The van der Waals surface area contributed by atoms with Crippen molar-refractivity contribution in [1.82, 2.24) is 0 Å². The zero-order valence-electron chi connectivity index (χ0n) is 10.6. The quantitative estimate of drug-likeness (QED) is 0.748. The molecule has 88 valence electrons. The zero-order valence-corrected chi connectivity index (χ0v) is 10.6. The Bertz CT molecular complexity index is 387. The lowest BCUT2D eigenvalue weighted by atomic mass is 9.69. The average molecular weight is 218 g/mol. The molecule has 1 saturated carbocycles. The highest BCUT2D eigenvalue weighted by atomic mass is 16.3. The summed E-state index contributed by atoms with van der Waals surface area (Å²) in [6.45, 7) is 6.49. The van der Waals surface area contributed by atoms with E-state index in [0.29, 0.717) is 5.75 Å². The molecule has 2 rings (SSSR count). The first-order valence-corrected chi connectivity index (χ1v) is 6.34. The Morgan fingerprint density at radius 1 is 1.00 bits per heavy atom. The van der Waals surface area contributed by atoms with Crippen LogP contribution in [0.4, 0.5) is 0 Å². The van der Waals surface area contributed by atoms with E-state index in [1.165, 1.54) is 43.2 Å². The van der Waals surface area contributed by atoms with Crippen molar-refractivity contribution in [1.29, 1.82) is 0 Å². The fraction of sp³-hybridized carbons (Fsp3) is 0.600. The number of phenols is 1. The van der Waals surface area contributed by atoms with Gasteiger partial charge in [0.2, 0.25) is 0 Å². The molecule has 1 aromatic carbocycles. The lowest BCUT2D eigenvalue weighted by molar-refractivity contribution is 0.317. The molecule has 1 heteroatoms. The minimum atomic E-state index is 0.285. The first-order chi connectivity index (χ1) is 7.53. The van der Waals surface area contributed by atoms with Crippen molar-refractivity contribution in [3.8, 4) is 5.75 Å². The molecule has 16 heavy (non-hydrogen) atoms. The summed E-state index contributed by atoms with van der Waals surface area (Å²) in [4.78, 5) is 0. The molecular weight excluding hydrogens is 196 g/mol. The van der Waals surface area contributed by atoms with Crippen molar-refractivity contribution in [3.63, 3.8) is 0 Å². The van der Waals surface area contributed by atoms with Crippen LogP contribution in [0.5, 0.6) is 5.75 Å². The molecule has 1 aromatic rings. The number of benzene rings is 1. The molecule has 0 unspecified atom stereocenters. The highest BCUT2D eigenvalue weighted by molar-refractivity contribution is 5.44. The van der Waals surface area contributed by atoms with Crippen LogP contribution in [-0.2, 0) is 5.41 Å². The third-order valence-corrected chi connectivity index (χ3v) is 4.15. The molecule has 1 N–H and O–H groups in total. The van der Waals surface area contributed by atoms with Gasteiger partial charge in [-0.05, 0) is 54.9 Å². The van der Waals surface area contributed by atoms with Crippen molar-refractivity contribution >= 4 is 0 Å². The summed E-state index contributed by atoms with van der Waals surface area (Å²) in [6, 6.07) is 4.11. The van der Waals surface area contributed by atoms with Gasteiger partial charge in [-0.1, -0.05) is 32.3 Å². The summed E-state index contributed by atoms with van der Waals surface area (Å²) in [7, 11) is 0. The van der Waals surface area contributed by atoms with Gasteiger partial charge in [0.25, 0.3) is 0 Å². The maximum Gasteiger partial charge on any atom is 0.118 e. The van der Waals surface area contributed by atoms with E-state index in [9.17, 15) is 5.11 Å². The lowest BCUT2D eigenvalue weighted by Gasteiger charge is -2.35. The fourth-order valence-corrected chi connectivity index (χ4v) is 3.09. The maximum absolute atomic E-state index is 9.87. The van der Waals surface area contributed by atoms with Gasteiger partial charge in [0.05, 0.1) is 0 Å². The van der Waals surface area contributed by atoms with Crippen molar-refractivity contribution < 1.29 is 5.11 Å². The molecule has 0 aromatic heterocycles. The third-order valence-electron chi connectivity index (χ3n) is 4.15. The topological polar surface area (TPSA) is 20.2 Å². The Kier molecular flexibility index (Phi) is 2.96. The normalized spacial score (nSPS) is 19.7. The molecule has 0 atom stereocenters. The predicted molar refractivity (Wildman–Crippen MR) is 68.0 cm³/mol. The molecule has 0 spiro atoms. The van der Waals surface area contributed by atoms with Crippen LogP contribution in [0.1, 0.15) is 55.7 Å². The van der Waals surface area contributed by atoms with Crippen molar-refractivity contribution in [2.45, 2.75) is 58.3 Å². The van der Waals surface area contributed by atoms with Crippen LogP contribution in [0, 0.1) is 13.8 Å². The minimum absolute atomic E-state index is 0.285. The zero-order chi connectivity index (χ0) is 11.8. The summed E-state index contributed by atoms with van der Waals surface area (Å²) in [5, 5.41) is 9.87. The van der Waals surface area contributed by atoms with E-state index < -0.39 is 0 Å². The molecule has 0 amide bonds. The molecule has 1 nitrogen and oxygen atoms in total. The van der Waals surface area contributed by atoms with Crippen LogP contribution in [0.15, 0.2) is 12.1 Å². The summed E-state index contributed by atoms with van der Waals surface area (Å²) in [5.74, 6) is 0.451. The van der Waals surface area contributed by atoms with Gasteiger partial charge in [-0.25, -0.2) is 0 Å². The Morgan fingerprint density at radius 2 is 1.62 bits per heavy atom. The molecule has 0 heterocycles. The Morgan fingerprint density at radius 3 is 2.25 bits per heavy atom. The molecule has 0 radical (unpaired) electrons. The van der Waals surface area contributed by atoms with E-state index in [1.54, 1.807) is 0 Å². The molecule has 0 saturated heterocycles. The van der Waals surface area contributed by atoms with Gasteiger partial charge in [0.1, 0.15) is 5.75 Å². The second-order valence-corrected chi connectivity index (χ2v) is 5.57. The fourth-order valence-electron chi connectivity index (χ4n) is 3.09. The van der Waals surface area contributed by atoms with Crippen LogP contribution in [0.25, 0.3) is 0 Å². The average Bonchev–Trinajstić information content (AvgIpc) is 2.24. The monoisotopic (exact) mass is 218 g/mol. The van der Waals surface area contributed by atoms with Gasteiger partial charge in [-0.3, -0.25) is 0 Å². The van der Waals surface area contributed by atoms with E-state index in [0.717, 1.165) is 5.56 Å². The number of aromatic hydroxyl groups is 1. The van der Waals surface area contributed by atoms with Gasteiger partial charge >= 0.3 is 0 Å². The number of rotatable bonds is 1. The SMILES string of the molecule is Cc1cc(C)c(C2(C)CCCCC2)cc1O. The second kappa shape index (κ2) is 4.12. The summed E-state index contributed by atoms with van der Waals surface area (Å²) >= 11 is 0. The van der Waals surface area contributed by atoms with Crippen LogP contribution >= 0.6 is 0 Å². The molecule has 1 aliphatic carbocycles. The standard InChI is InChI=1S/C15H22O/c1-11-9-12(2)14(16)10-13(11)15(3)7-5-4-6-8-15/h9-10,16H,4-8H2,1-3H3. The highest BCUT2D eigenvalue weighted by Gasteiger charge is 2.30. The number of phenolic OH excluding ortho intramolecular Hbond substituents is 1. The van der Waals surface area contributed by atoms with E-state index in [2.05, 4.69) is 19.9 Å².